The zero-order valence-electron chi connectivity index (χ0n) is 17.5. The summed E-state index contributed by atoms with van der Waals surface area (Å²) >= 11 is 6.50. The largest absolute Gasteiger partial charge is 0.497 e. The predicted octanol–water partition coefficient (Wildman–Crippen LogP) is 4.64. The quantitative estimate of drug-likeness (QED) is 0.583. The number of ketones is 1. The zero-order valence-corrected chi connectivity index (χ0v) is 18.3. The normalized spacial score (nSPS) is 18.6. The Morgan fingerprint density at radius 3 is 2.55 bits per heavy atom. The van der Waals surface area contributed by atoms with Gasteiger partial charge >= 0.3 is 0 Å². The van der Waals surface area contributed by atoms with Gasteiger partial charge in [0.05, 0.1) is 12.8 Å². The lowest BCUT2D eigenvalue weighted by Gasteiger charge is -2.43. The van der Waals surface area contributed by atoms with Gasteiger partial charge in [-0.1, -0.05) is 29.8 Å². The second kappa shape index (κ2) is 8.55. The van der Waals surface area contributed by atoms with Crippen LogP contribution in [-0.2, 0) is 10.3 Å². The van der Waals surface area contributed by atoms with Gasteiger partial charge in [-0.3, -0.25) is 9.59 Å². The van der Waals surface area contributed by atoms with Gasteiger partial charge < -0.3 is 9.64 Å². The zero-order chi connectivity index (χ0) is 22.0. The van der Waals surface area contributed by atoms with E-state index in [0.29, 0.717) is 23.4 Å². The summed E-state index contributed by atoms with van der Waals surface area (Å²) < 4.78 is 6.82. The fourth-order valence-electron chi connectivity index (χ4n) is 4.29. The Kier molecular flexibility index (Phi) is 5.83. The lowest BCUT2D eigenvalue weighted by atomic mass is 9.74. The fraction of sp³-hybridized carbons (Fsp3) is 0.292. The Balaban J connectivity index is 1.69. The first kappa shape index (κ1) is 21.1. The second-order valence-electron chi connectivity index (χ2n) is 7.68. The third-order valence-corrected chi connectivity index (χ3v) is 6.33. The standard InChI is InChI=1S/C24H24ClN3O3/c1-27(24(15-6-5-9-22(24)29)19-7-3-4-8-20(19)25)23(30)21-14-16-28(26-21)17-10-12-18(31-2)13-11-17/h3-4,7-8,10-14,16H,5-6,9,15H2,1-2H3. The van der Waals surface area contributed by atoms with Crippen molar-refractivity contribution >= 4 is 23.3 Å². The number of hydrogen-bond acceptors (Lipinski definition) is 4. The van der Waals surface area contributed by atoms with E-state index in [1.807, 2.05) is 42.5 Å². The van der Waals surface area contributed by atoms with Gasteiger partial charge in [0.25, 0.3) is 5.91 Å². The molecule has 2 aromatic carbocycles. The lowest BCUT2D eigenvalue weighted by Crippen LogP contribution is -2.54. The van der Waals surface area contributed by atoms with Crippen molar-refractivity contribution in [1.82, 2.24) is 14.7 Å². The van der Waals surface area contributed by atoms with Crippen LogP contribution in [0.25, 0.3) is 5.69 Å². The summed E-state index contributed by atoms with van der Waals surface area (Å²) in [6.45, 7) is 0. The molecule has 7 heteroatoms. The highest BCUT2D eigenvalue weighted by molar-refractivity contribution is 6.31. The van der Waals surface area contributed by atoms with Crippen molar-refractivity contribution in [3.63, 3.8) is 0 Å². The smallest absolute Gasteiger partial charge is 0.275 e. The van der Waals surface area contributed by atoms with Crippen LogP contribution in [-0.4, -0.2) is 40.5 Å². The molecule has 1 amide bonds. The summed E-state index contributed by atoms with van der Waals surface area (Å²) in [6.07, 6.45) is 4.35. The maximum absolute atomic E-state index is 13.5. The molecule has 1 aromatic heterocycles. The summed E-state index contributed by atoms with van der Waals surface area (Å²) in [5.74, 6) is 0.434. The van der Waals surface area contributed by atoms with Crippen molar-refractivity contribution in [3.8, 4) is 11.4 Å². The average Bonchev–Trinajstić information content (AvgIpc) is 3.29. The number of carbonyl (C=O) groups excluding carboxylic acids is 2. The highest BCUT2D eigenvalue weighted by Crippen LogP contribution is 2.42. The minimum Gasteiger partial charge on any atom is -0.497 e. The van der Waals surface area contributed by atoms with Crippen LogP contribution in [0.3, 0.4) is 0 Å². The maximum Gasteiger partial charge on any atom is 0.275 e. The first-order valence-electron chi connectivity index (χ1n) is 10.2. The SMILES string of the molecule is COc1ccc(-n2ccc(C(=O)N(C)C3(c4ccccc4Cl)CCCCC3=O)n2)cc1. The number of methoxy groups -OCH3 is 1. The van der Waals surface area contributed by atoms with Crippen LogP contribution in [0.15, 0.2) is 60.8 Å². The average molecular weight is 438 g/mol. The Morgan fingerprint density at radius 1 is 1.13 bits per heavy atom. The number of carbonyl (C=O) groups is 2. The molecule has 0 radical (unpaired) electrons. The minimum absolute atomic E-state index is 0.0114. The molecule has 1 fully saturated rings. The molecule has 0 aliphatic heterocycles. The van der Waals surface area contributed by atoms with Crippen molar-refractivity contribution < 1.29 is 14.3 Å². The molecule has 6 nitrogen and oxygen atoms in total. The van der Waals surface area contributed by atoms with E-state index in [4.69, 9.17) is 16.3 Å². The highest BCUT2D eigenvalue weighted by Gasteiger charge is 2.48. The molecule has 0 spiro atoms. The second-order valence-corrected chi connectivity index (χ2v) is 8.09. The van der Waals surface area contributed by atoms with Crippen LogP contribution in [0.4, 0.5) is 0 Å². The van der Waals surface area contributed by atoms with Gasteiger partial charge in [0.1, 0.15) is 11.3 Å². The van der Waals surface area contributed by atoms with Gasteiger partial charge in [0.2, 0.25) is 0 Å². The number of aromatic nitrogens is 2. The van der Waals surface area contributed by atoms with Gasteiger partial charge in [-0.15, -0.1) is 0 Å². The maximum atomic E-state index is 13.5. The lowest BCUT2D eigenvalue weighted by molar-refractivity contribution is -0.132. The van der Waals surface area contributed by atoms with Crippen LogP contribution in [0.5, 0.6) is 5.75 Å². The Hall–Kier alpha value is -3.12. The minimum atomic E-state index is -1.09. The molecule has 1 aliphatic rings. The molecule has 1 unspecified atom stereocenters. The third-order valence-electron chi connectivity index (χ3n) is 6.00. The molecule has 0 bridgehead atoms. The van der Waals surface area contributed by atoms with Crippen LogP contribution in [0.1, 0.15) is 41.7 Å². The molecular formula is C24H24ClN3O3. The van der Waals surface area contributed by atoms with E-state index in [1.54, 1.807) is 37.2 Å². The van der Waals surface area contributed by atoms with Crippen molar-refractivity contribution in [2.45, 2.75) is 31.2 Å². The summed E-state index contributed by atoms with van der Waals surface area (Å²) in [7, 11) is 3.28. The Bertz CT molecular complexity index is 1110. The van der Waals surface area contributed by atoms with Crippen molar-refractivity contribution in [2.75, 3.05) is 14.2 Å². The predicted molar refractivity (Wildman–Crippen MR) is 119 cm³/mol. The van der Waals surface area contributed by atoms with E-state index in [1.165, 1.54) is 4.90 Å². The number of hydrogen-bond donors (Lipinski definition) is 0. The molecule has 31 heavy (non-hydrogen) atoms. The number of amides is 1. The molecule has 1 saturated carbocycles. The molecule has 0 saturated heterocycles. The van der Waals surface area contributed by atoms with E-state index in [0.717, 1.165) is 24.3 Å². The Labute approximate surface area is 186 Å². The number of likely N-dealkylation sites (N-methyl/N-ethyl adjacent to an activating group) is 1. The number of nitrogens with zero attached hydrogens (tertiary/aromatic N) is 3. The summed E-state index contributed by atoms with van der Waals surface area (Å²) in [5, 5.41) is 4.95. The van der Waals surface area contributed by atoms with Gasteiger partial charge in [-0.25, -0.2) is 4.68 Å². The van der Waals surface area contributed by atoms with Crippen LogP contribution in [0, 0.1) is 0 Å². The van der Waals surface area contributed by atoms with Crippen LogP contribution in [0.2, 0.25) is 5.02 Å². The van der Waals surface area contributed by atoms with E-state index in [2.05, 4.69) is 5.10 Å². The third kappa shape index (κ3) is 3.72. The van der Waals surface area contributed by atoms with Gasteiger partial charge in [-0.05, 0) is 55.7 Å². The van der Waals surface area contributed by atoms with Gasteiger partial charge in [0.15, 0.2) is 11.5 Å². The molecule has 1 atom stereocenters. The number of ether oxygens (including phenoxy) is 1. The van der Waals surface area contributed by atoms with Crippen molar-refractivity contribution in [2.24, 2.45) is 0 Å². The first-order valence-corrected chi connectivity index (χ1v) is 10.6. The van der Waals surface area contributed by atoms with E-state index >= 15 is 0 Å². The molecule has 160 valence electrons. The summed E-state index contributed by atoms with van der Waals surface area (Å²) in [5.41, 5.74) is 0.657. The number of Topliss-reactive ketones (excluding diaryl/α,β-unsaturated/α-hetero) is 1. The summed E-state index contributed by atoms with van der Waals surface area (Å²) in [4.78, 5) is 28.2. The van der Waals surface area contributed by atoms with Gasteiger partial charge in [-0.2, -0.15) is 5.10 Å². The molecule has 1 heterocycles. The first-order chi connectivity index (χ1) is 15.0. The van der Waals surface area contributed by atoms with Crippen molar-refractivity contribution in [1.29, 1.82) is 0 Å². The van der Waals surface area contributed by atoms with Crippen LogP contribution >= 0.6 is 11.6 Å². The van der Waals surface area contributed by atoms with E-state index < -0.39 is 5.54 Å². The molecule has 3 aromatic rings. The van der Waals surface area contributed by atoms with Gasteiger partial charge in [0, 0.05) is 30.3 Å². The number of benzene rings is 2. The number of rotatable bonds is 5. The van der Waals surface area contributed by atoms with Crippen molar-refractivity contribution in [3.05, 3.63) is 77.1 Å². The highest BCUT2D eigenvalue weighted by atomic mass is 35.5. The summed E-state index contributed by atoms with van der Waals surface area (Å²) in [6, 6.07) is 16.3. The topological polar surface area (TPSA) is 64.4 Å². The van der Waals surface area contributed by atoms with Crippen LogP contribution < -0.4 is 4.74 Å². The molecule has 4 rings (SSSR count). The molecular weight excluding hydrogens is 414 g/mol. The Morgan fingerprint density at radius 2 is 1.87 bits per heavy atom. The monoisotopic (exact) mass is 437 g/mol. The molecule has 0 N–H and O–H groups in total. The van der Waals surface area contributed by atoms with E-state index in [-0.39, 0.29) is 17.4 Å². The number of halogens is 1. The van der Waals surface area contributed by atoms with E-state index in [9.17, 15) is 9.59 Å². The fourth-order valence-corrected chi connectivity index (χ4v) is 4.58. The molecule has 1 aliphatic carbocycles.